The van der Waals surface area contributed by atoms with Gasteiger partial charge in [0, 0.05) is 0 Å². The number of rotatable bonds is 12. The second-order valence-corrected chi connectivity index (χ2v) is 10.3. The van der Waals surface area contributed by atoms with E-state index in [4.69, 9.17) is 14.2 Å². The van der Waals surface area contributed by atoms with Crippen molar-refractivity contribution in [3.05, 3.63) is 83.4 Å². The van der Waals surface area contributed by atoms with Crippen LogP contribution in [0.3, 0.4) is 0 Å². The van der Waals surface area contributed by atoms with Crippen LogP contribution < -0.4 is 24.2 Å². The number of carbonyl (C=O) groups is 1. The van der Waals surface area contributed by atoms with E-state index in [-0.39, 0.29) is 11.3 Å². The van der Waals surface area contributed by atoms with Crippen molar-refractivity contribution in [3.63, 3.8) is 0 Å². The summed E-state index contributed by atoms with van der Waals surface area (Å²) in [5, 5.41) is 2.93. The van der Waals surface area contributed by atoms with Gasteiger partial charge < -0.3 is 19.5 Å². The second-order valence-electron chi connectivity index (χ2n) is 8.57. The Labute approximate surface area is 219 Å². The fraction of sp³-hybridized carbons (Fsp3) is 0.321. The van der Waals surface area contributed by atoms with E-state index < -0.39 is 28.0 Å². The molecule has 0 saturated carbocycles. The van der Waals surface area contributed by atoms with Gasteiger partial charge in [-0.15, -0.1) is 0 Å². The second kappa shape index (κ2) is 12.6. The highest BCUT2D eigenvalue weighted by Gasteiger charge is 2.28. The van der Waals surface area contributed by atoms with Gasteiger partial charge in [0.2, 0.25) is 15.9 Å². The molecular formula is C28H34N2O6S. The number of hydrogen-bond acceptors (Lipinski definition) is 6. The summed E-state index contributed by atoms with van der Waals surface area (Å²) < 4.78 is 45.4. The van der Waals surface area contributed by atoms with Gasteiger partial charge in [0.05, 0.1) is 31.8 Å². The monoisotopic (exact) mass is 526 g/mol. The predicted octanol–water partition coefficient (Wildman–Crippen LogP) is 4.18. The fourth-order valence-corrected chi connectivity index (χ4v) is 5.20. The number of benzene rings is 3. The van der Waals surface area contributed by atoms with Gasteiger partial charge >= 0.3 is 0 Å². The van der Waals surface area contributed by atoms with Crippen LogP contribution in [0, 0.1) is 6.92 Å². The van der Waals surface area contributed by atoms with E-state index in [1.54, 1.807) is 32.2 Å². The SMILES string of the molecule is CCOc1ccc(S(=O)(=O)N[C@H](Cc2ccccc2)C(=O)N[C@@H](C)c2ccc(OC)c(OC)c2)cc1C. The number of carbonyl (C=O) groups excluding carboxylic acids is 1. The number of methoxy groups -OCH3 is 2. The predicted molar refractivity (Wildman–Crippen MR) is 143 cm³/mol. The van der Waals surface area contributed by atoms with Gasteiger partial charge in [-0.3, -0.25) is 4.79 Å². The lowest BCUT2D eigenvalue weighted by Crippen LogP contribution is -2.48. The molecule has 3 aromatic rings. The van der Waals surface area contributed by atoms with Crippen molar-refractivity contribution in [2.24, 2.45) is 0 Å². The summed E-state index contributed by atoms with van der Waals surface area (Å²) in [5.74, 6) is 1.28. The highest BCUT2D eigenvalue weighted by atomic mass is 32.2. The molecule has 0 aromatic heterocycles. The average Bonchev–Trinajstić information content (AvgIpc) is 2.89. The zero-order valence-corrected chi connectivity index (χ0v) is 22.6. The number of nitrogens with one attached hydrogen (secondary N) is 2. The Morgan fingerprint density at radius 2 is 1.59 bits per heavy atom. The van der Waals surface area contributed by atoms with Crippen LogP contribution in [0.4, 0.5) is 0 Å². The van der Waals surface area contributed by atoms with Gasteiger partial charge in [-0.1, -0.05) is 36.4 Å². The van der Waals surface area contributed by atoms with E-state index >= 15 is 0 Å². The van der Waals surface area contributed by atoms with Crippen molar-refractivity contribution in [2.45, 2.75) is 44.2 Å². The van der Waals surface area contributed by atoms with Crippen molar-refractivity contribution < 1.29 is 27.4 Å². The Bertz CT molecular complexity index is 1310. The maximum Gasteiger partial charge on any atom is 0.241 e. The molecule has 0 spiro atoms. The van der Waals surface area contributed by atoms with E-state index in [0.29, 0.717) is 29.4 Å². The lowest BCUT2D eigenvalue weighted by atomic mass is 10.0. The quantitative estimate of drug-likeness (QED) is 0.367. The van der Waals surface area contributed by atoms with Gasteiger partial charge in [0.1, 0.15) is 11.8 Å². The van der Waals surface area contributed by atoms with E-state index in [0.717, 1.165) is 11.1 Å². The topological polar surface area (TPSA) is 103 Å². The van der Waals surface area contributed by atoms with Crippen molar-refractivity contribution >= 4 is 15.9 Å². The minimum atomic E-state index is -4.00. The van der Waals surface area contributed by atoms with Gasteiger partial charge in [0.15, 0.2) is 11.5 Å². The Morgan fingerprint density at radius 3 is 2.22 bits per heavy atom. The van der Waals surface area contributed by atoms with Crippen molar-refractivity contribution in [1.29, 1.82) is 0 Å². The van der Waals surface area contributed by atoms with E-state index in [2.05, 4.69) is 10.0 Å². The first-order chi connectivity index (χ1) is 17.7. The summed E-state index contributed by atoms with van der Waals surface area (Å²) in [6, 6.07) is 17.8. The highest BCUT2D eigenvalue weighted by Crippen LogP contribution is 2.30. The molecule has 2 atom stereocenters. The molecule has 3 aromatic carbocycles. The van der Waals surface area contributed by atoms with Crippen LogP contribution in [0.2, 0.25) is 0 Å². The third-order valence-electron chi connectivity index (χ3n) is 5.92. The third-order valence-corrected chi connectivity index (χ3v) is 7.39. The van der Waals surface area contributed by atoms with Gasteiger partial charge in [-0.05, 0) is 74.2 Å². The Balaban J connectivity index is 1.85. The number of ether oxygens (including phenoxy) is 3. The summed E-state index contributed by atoms with van der Waals surface area (Å²) in [6.07, 6.45) is 0.181. The normalized spacial score (nSPS) is 12.9. The first kappa shape index (κ1) is 28.0. The van der Waals surface area contributed by atoms with E-state index in [1.165, 1.54) is 19.2 Å². The molecule has 0 aliphatic rings. The fourth-order valence-electron chi connectivity index (χ4n) is 3.92. The molecule has 3 rings (SSSR count). The Hall–Kier alpha value is -3.56. The van der Waals surface area contributed by atoms with Crippen LogP contribution in [0.1, 0.15) is 36.6 Å². The molecule has 0 aliphatic heterocycles. The van der Waals surface area contributed by atoms with Crippen molar-refractivity contribution in [1.82, 2.24) is 10.0 Å². The average molecular weight is 527 g/mol. The van der Waals surface area contributed by atoms with Crippen molar-refractivity contribution in [2.75, 3.05) is 20.8 Å². The molecule has 0 radical (unpaired) electrons. The molecule has 1 amide bonds. The van der Waals surface area contributed by atoms with Crippen molar-refractivity contribution in [3.8, 4) is 17.2 Å². The molecule has 0 heterocycles. The first-order valence-corrected chi connectivity index (χ1v) is 13.5. The lowest BCUT2D eigenvalue weighted by molar-refractivity contribution is -0.123. The maximum atomic E-state index is 13.4. The van der Waals surface area contributed by atoms with Crippen LogP contribution in [0.15, 0.2) is 71.6 Å². The molecule has 198 valence electrons. The smallest absolute Gasteiger partial charge is 0.241 e. The standard InChI is InChI=1S/C28H34N2O6S/c1-6-36-25-15-13-23(16-19(25)2)37(32,33)30-24(17-21-10-8-7-9-11-21)28(31)29-20(3)22-12-14-26(34-4)27(18-22)35-5/h7-16,18,20,24,30H,6,17H2,1-5H3,(H,29,31)/t20-,24+/m0/s1. The van der Waals surface area contributed by atoms with Crippen LogP contribution in [-0.4, -0.2) is 41.2 Å². The molecule has 0 unspecified atom stereocenters. The maximum absolute atomic E-state index is 13.4. The Kier molecular flexibility index (Phi) is 9.54. The molecule has 37 heavy (non-hydrogen) atoms. The molecule has 2 N–H and O–H groups in total. The van der Waals surface area contributed by atoms with Gasteiger partial charge in [0.25, 0.3) is 0 Å². The number of aryl methyl sites for hydroxylation is 1. The zero-order chi connectivity index (χ0) is 27.0. The summed E-state index contributed by atoms with van der Waals surface area (Å²) in [6.45, 7) is 5.94. The largest absolute Gasteiger partial charge is 0.494 e. The number of amides is 1. The summed E-state index contributed by atoms with van der Waals surface area (Å²) in [4.78, 5) is 13.5. The summed E-state index contributed by atoms with van der Waals surface area (Å²) >= 11 is 0. The lowest BCUT2D eigenvalue weighted by Gasteiger charge is -2.22. The first-order valence-electron chi connectivity index (χ1n) is 12.0. The minimum Gasteiger partial charge on any atom is -0.494 e. The molecule has 9 heteroatoms. The van der Waals surface area contributed by atoms with E-state index in [9.17, 15) is 13.2 Å². The van der Waals surface area contributed by atoms with Gasteiger partial charge in [-0.25, -0.2) is 8.42 Å². The van der Waals surface area contributed by atoms with Crippen LogP contribution in [0.5, 0.6) is 17.2 Å². The molecule has 0 bridgehead atoms. The number of hydrogen-bond donors (Lipinski definition) is 2. The molecule has 8 nitrogen and oxygen atoms in total. The summed E-state index contributed by atoms with van der Waals surface area (Å²) in [7, 11) is -0.912. The minimum absolute atomic E-state index is 0.0623. The van der Waals surface area contributed by atoms with Crippen LogP contribution in [-0.2, 0) is 21.2 Å². The number of sulfonamides is 1. The Morgan fingerprint density at radius 1 is 0.919 bits per heavy atom. The highest BCUT2D eigenvalue weighted by molar-refractivity contribution is 7.89. The zero-order valence-electron chi connectivity index (χ0n) is 21.8. The van der Waals surface area contributed by atoms with Crippen LogP contribution >= 0.6 is 0 Å². The molecule has 0 aliphatic carbocycles. The molecule has 0 fully saturated rings. The third kappa shape index (κ3) is 7.24. The molecule has 0 saturated heterocycles. The van der Waals surface area contributed by atoms with Gasteiger partial charge in [-0.2, -0.15) is 4.72 Å². The molecular weight excluding hydrogens is 492 g/mol. The van der Waals surface area contributed by atoms with E-state index in [1.807, 2.05) is 50.2 Å². The summed E-state index contributed by atoms with van der Waals surface area (Å²) in [5.41, 5.74) is 2.30. The van der Waals surface area contributed by atoms with Crippen LogP contribution in [0.25, 0.3) is 0 Å².